The molecular formula is C67H135NO5. The third-order valence-corrected chi connectivity index (χ3v) is 16.6. The second kappa shape index (κ2) is 62.2. The number of carbonyl (C=O) groups excluding carboxylic acids is 1. The maximum atomic E-state index is 12.7. The number of unbranched alkanes of at least 4 members (excludes halogenated alkanes) is 55. The number of rotatable bonds is 64. The fourth-order valence-corrected chi connectivity index (χ4v) is 11.3. The van der Waals surface area contributed by atoms with Gasteiger partial charge in [-0.2, -0.15) is 0 Å². The van der Waals surface area contributed by atoms with Crippen LogP contribution in [0, 0.1) is 0 Å². The molecule has 0 rings (SSSR count). The van der Waals surface area contributed by atoms with Gasteiger partial charge in [-0.25, -0.2) is 0 Å². The predicted molar refractivity (Wildman–Crippen MR) is 321 cm³/mol. The van der Waals surface area contributed by atoms with E-state index in [1.807, 2.05) is 0 Å². The highest BCUT2D eigenvalue weighted by molar-refractivity contribution is 5.80. The van der Waals surface area contributed by atoms with Gasteiger partial charge in [0.25, 0.3) is 0 Å². The lowest BCUT2D eigenvalue weighted by Crippen LogP contribution is -2.53. The molecule has 73 heavy (non-hydrogen) atoms. The molecule has 0 aliphatic carbocycles. The molecule has 0 saturated heterocycles. The SMILES string of the molecule is CCCCCCCCCCCCCCCCCCCCCCCCCCCCCCCC(O)C(=O)NC(CO)C(O)C(O)CCCCCCCCCCCCCCCCCCCCCCCCCCCCCC. The molecule has 4 atom stereocenters. The quantitative estimate of drug-likeness (QED) is 0.0390. The van der Waals surface area contributed by atoms with Crippen LogP contribution in [0.5, 0.6) is 0 Å². The average Bonchev–Trinajstić information content (AvgIpc) is 3.40. The van der Waals surface area contributed by atoms with E-state index in [4.69, 9.17) is 0 Å². The van der Waals surface area contributed by atoms with Gasteiger partial charge >= 0.3 is 0 Å². The maximum absolute atomic E-state index is 12.7. The fraction of sp³-hybridized carbons (Fsp3) is 0.985. The summed E-state index contributed by atoms with van der Waals surface area (Å²) in [5.41, 5.74) is 0. The number of carbonyl (C=O) groups is 1. The van der Waals surface area contributed by atoms with E-state index < -0.39 is 36.9 Å². The molecule has 5 N–H and O–H groups in total. The normalized spacial score (nSPS) is 13.5. The van der Waals surface area contributed by atoms with E-state index in [-0.39, 0.29) is 0 Å². The first-order valence-corrected chi connectivity index (χ1v) is 33.9. The van der Waals surface area contributed by atoms with Gasteiger partial charge < -0.3 is 25.7 Å². The zero-order valence-electron chi connectivity index (χ0n) is 49.9. The molecule has 6 nitrogen and oxygen atoms in total. The molecular weight excluding hydrogens is 899 g/mol. The Morgan fingerprint density at radius 2 is 0.466 bits per heavy atom. The van der Waals surface area contributed by atoms with Crippen molar-refractivity contribution in [2.75, 3.05) is 6.61 Å². The van der Waals surface area contributed by atoms with Crippen LogP contribution in [0.2, 0.25) is 0 Å². The molecule has 0 saturated carbocycles. The molecule has 0 spiro atoms. The van der Waals surface area contributed by atoms with Crippen LogP contribution in [-0.4, -0.2) is 57.3 Å². The van der Waals surface area contributed by atoms with E-state index in [2.05, 4.69) is 19.2 Å². The van der Waals surface area contributed by atoms with Crippen molar-refractivity contribution in [2.24, 2.45) is 0 Å². The van der Waals surface area contributed by atoms with Crippen LogP contribution in [0.15, 0.2) is 0 Å². The number of amides is 1. The van der Waals surface area contributed by atoms with Crippen molar-refractivity contribution >= 4 is 5.91 Å². The zero-order chi connectivity index (χ0) is 53.0. The van der Waals surface area contributed by atoms with E-state index in [1.54, 1.807) is 0 Å². The second-order valence-electron chi connectivity index (χ2n) is 23.9. The van der Waals surface area contributed by atoms with Crippen LogP contribution < -0.4 is 5.32 Å². The molecule has 1 amide bonds. The van der Waals surface area contributed by atoms with Gasteiger partial charge in [0.15, 0.2) is 0 Å². The lowest BCUT2D eigenvalue weighted by molar-refractivity contribution is -0.132. The highest BCUT2D eigenvalue weighted by Gasteiger charge is 2.28. The number of aliphatic hydroxyl groups excluding tert-OH is 4. The van der Waals surface area contributed by atoms with Gasteiger partial charge in [-0.3, -0.25) is 4.79 Å². The molecule has 0 aromatic carbocycles. The highest BCUT2D eigenvalue weighted by Crippen LogP contribution is 2.20. The summed E-state index contributed by atoms with van der Waals surface area (Å²) < 4.78 is 0. The Morgan fingerprint density at radius 3 is 0.658 bits per heavy atom. The topological polar surface area (TPSA) is 110 Å². The van der Waals surface area contributed by atoms with Crippen molar-refractivity contribution < 1.29 is 25.2 Å². The van der Waals surface area contributed by atoms with Crippen LogP contribution in [0.4, 0.5) is 0 Å². The van der Waals surface area contributed by atoms with Crippen molar-refractivity contribution in [2.45, 2.75) is 417 Å². The minimum absolute atomic E-state index is 0.377. The van der Waals surface area contributed by atoms with E-state index in [0.717, 1.165) is 38.5 Å². The monoisotopic (exact) mass is 1030 g/mol. The molecule has 6 heteroatoms. The Bertz CT molecular complexity index is 1030. The third-order valence-electron chi connectivity index (χ3n) is 16.6. The molecule has 438 valence electrons. The van der Waals surface area contributed by atoms with Gasteiger partial charge in [0.1, 0.15) is 12.2 Å². The van der Waals surface area contributed by atoms with Crippen LogP contribution in [-0.2, 0) is 4.79 Å². The molecule has 0 aliphatic rings. The number of aliphatic hydroxyl groups is 4. The van der Waals surface area contributed by atoms with Gasteiger partial charge in [0.05, 0.1) is 18.8 Å². The van der Waals surface area contributed by atoms with E-state index in [1.165, 1.54) is 327 Å². The lowest BCUT2D eigenvalue weighted by Gasteiger charge is -2.27. The van der Waals surface area contributed by atoms with Crippen molar-refractivity contribution in [3.05, 3.63) is 0 Å². The van der Waals surface area contributed by atoms with Gasteiger partial charge in [-0.1, -0.05) is 380 Å². The minimum atomic E-state index is -1.26. The van der Waals surface area contributed by atoms with Gasteiger partial charge in [0.2, 0.25) is 5.91 Å². The number of hydrogen-bond acceptors (Lipinski definition) is 5. The largest absolute Gasteiger partial charge is 0.394 e. The Hall–Kier alpha value is -0.690. The van der Waals surface area contributed by atoms with Gasteiger partial charge in [0, 0.05) is 0 Å². The van der Waals surface area contributed by atoms with Crippen LogP contribution in [0.25, 0.3) is 0 Å². The number of hydrogen-bond donors (Lipinski definition) is 5. The Labute approximate surface area is 458 Å². The van der Waals surface area contributed by atoms with Gasteiger partial charge in [-0.15, -0.1) is 0 Å². The van der Waals surface area contributed by atoms with Gasteiger partial charge in [-0.05, 0) is 12.8 Å². The fourth-order valence-electron chi connectivity index (χ4n) is 11.3. The van der Waals surface area contributed by atoms with Crippen molar-refractivity contribution in [1.29, 1.82) is 0 Å². The summed E-state index contributed by atoms with van der Waals surface area (Å²) >= 11 is 0. The molecule has 0 aromatic rings. The van der Waals surface area contributed by atoms with E-state index >= 15 is 0 Å². The smallest absolute Gasteiger partial charge is 0.249 e. The zero-order valence-corrected chi connectivity index (χ0v) is 49.9. The molecule has 0 aliphatic heterocycles. The van der Waals surface area contributed by atoms with Crippen LogP contribution in [0.1, 0.15) is 393 Å². The van der Waals surface area contributed by atoms with Crippen molar-refractivity contribution in [3.63, 3.8) is 0 Å². The lowest BCUT2D eigenvalue weighted by atomic mass is 9.99. The Balaban J connectivity index is 3.52. The highest BCUT2D eigenvalue weighted by atomic mass is 16.3. The standard InChI is InChI=1S/C67H135NO5/c1-3-5-7-9-11-13-15-17-19-21-23-25-27-29-31-33-35-37-39-41-43-45-47-49-51-53-55-57-59-61-65(71)67(73)68-63(62-69)66(72)64(70)60-58-56-54-52-50-48-46-44-42-40-38-36-34-32-30-28-26-24-22-20-18-16-14-12-10-8-6-4-2/h63-66,69-72H,3-62H2,1-2H3,(H,68,73). The first-order chi connectivity index (χ1) is 36.0. The summed E-state index contributed by atoms with van der Waals surface area (Å²) in [6, 6.07) is -0.982. The summed E-state index contributed by atoms with van der Waals surface area (Å²) in [4.78, 5) is 12.7. The Morgan fingerprint density at radius 1 is 0.288 bits per heavy atom. The van der Waals surface area contributed by atoms with Crippen LogP contribution >= 0.6 is 0 Å². The molecule has 0 aromatic heterocycles. The second-order valence-corrected chi connectivity index (χ2v) is 23.9. The summed E-state index contributed by atoms with van der Waals surface area (Å²) in [6.45, 7) is 4.12. The number of nitrogens with one attached hydrogen (secondary N) is 1. The van der Waals surface area contributed by atoms with Crippen LogP contribution in [0.3, 0.4) is 0 Å². The molecule has 0 heterocycles. The minimum Gasteiger partial charge on any atom is -0.394 e. The average molecular weight is 1030 g/mol. The first kappa shape index (κ1) is 72.3. The molecule has 0 fully saturated rings. The molecule has 0 bridgehead atoms. The Kier molecular flexibility index (Phi) is 61.6. The summed E-state index contributed by atoms with van der Waals surface area (Å²) in [5, 5.41) is 44.2. The first-order valence-electron chi connectivity index (χ1n) is 33.9. The third kappa shape index (κ3) is 55.9. The van der Waals surface area contributed by atoms with E-state index in [9.17, 15) is 25.2 Å². The van der Waals surface area contributed by atoms with E-state index in [0.29, 0.717) is 12.8 Å². The molecule has 0 radical (unpaired) electrons. The molecule has 4 unspecified atom stereocenters. The summed E-state index contributed by atoms with van der Waals surface area (Å²) in [5.74, 6) is -0.573. The summed E-state index contributed by atoms with van der Waals surface area (Å²) in [6.07, 6.45) is 75.0. The maximum Gasteiger partial charge on any atom is 0.249 e. The van der Waals surface area contributed by atoms with Crippen molar-refractivity contribution in [3.8, 4) is 0 Å². The predicted octanol–water partition coefficient (Wildman–Crippen LogP) is 20.6. The van der Waals surface area contributed by atoms with Crippen molar-refractivity contribution in [1.82, 2.24) is 5.32 Å². The summed E-state index contributed by atoms with van der Waals surface area (Å²) in [7, 11) is 0.